The summed E-state index contributed by atoms with van der Waals surface area (Å²) in [7, 11) is 1.37. The summed E-state index contributed by atoms with van der Waals surface area (Å²) in [5.41, 5.74) is 3.62. The molecule has 0 saturated carbocycles. The molecule has 0 amide bonds. The van der Waals surface area contributed by atoms with Crippen molar-refractivity contribution in [2.24, 2.45) is 0 Å². The van der Waals surface area contributed by atoms with E-state index >= 15 is 0 Å². The summed E-state index contributed by atoms with van der Waals surface area (Å²) >= 11 is 0. The molecular formula is C20H21NO6. The molecule has 0 fully saturated rings. The van der Waals surface area contributed by atoms with E-state index in [1.54, 1.807) is 0 Å². The number of nitro benzene ring substituents is 1. The number of rotatable bonds is 6. The summed E-state index contributed by atoms with van der Waals surface area (Å²) in [6.07, 6.45) is 0. The number of nitrogens with zero attached hydrogens (tertiary/aromatic N) is 1. The van der Waals surface area contributed by atoms with E-state index in [2.05, 4.69) is 0 Å². The van der Waals surface area contributed by atoms with E-state index in [9.17, 15) is 19.7 Å². The van der Waals surface area contributed by atoms with E-state index in [-0.39, 0.29) is 29.4 Å². The third kappa shape index (κ3) is 4.13. The Morgan fingerprint density at radius 3 is 2.33 bits per heavy atom. The van der Waals surface area contributed by atoms with Gasteiger partial charge in [-0.1, -0.05) is 6.07 Å². The fourth-order valence-corrected chi connectivity index (χ4v) is 3.17. The third-order valence-corrected chi connectivity index (χ3v) is 4.44. The molecule has 0 N–H and O–H groups in total. The molecule has 0 aliphatic heterocycles. The molecule has 0 aliphatic rings. The highest BCUT2D eigenvalue weighted by molar-refractivity contribution is 5.97. The molecule has 142 valence electrons. The Balaban J connectivity index is 2.34. The zero-order valence-electron chi connectivity index (χ0n) is 15.9. The minimum atomic E-state index is -0.737. The monoisotopic (exact) mass is 371 g/mol. The van der Waals surface area contributed by atoms with E-state index in [0.717, 1.165) is 28.3 Å². The lowest BCUT2D eigenvalue weighted by atomic mass is 9.92. The number of hydrogen-bond donors (Lipinski definition) is 0. The zero-order chi connectivity index (χ0) is 20.3. The molecule has 7 heteroatoms. The molecule has 0 spiro atoms. The number of aryl methyl sites for hydroxylation is 2. The molecule has 0 bridgehead atoms. The lowest BCUT2D eigenvalue weighted by molar-refractivity contribution is -0.384. The van der Waals surface area contributed by atoms with Gasteiger partial charge in [-0.05, 0) is 56.0 Å². The first-order valence-corrected chi connectivity index (χ1v) is 8.27. The van der Waals surface area contributed by atoms with Gasteiger partial charge in [0.15, 0.2) is 5.78 Å². The van der Waals surface area contributed by atoms with Gasteiger partial charge in [0, 0.05) is 17.7 Å². The van der Waals surface area contributed by atoms with Crippen LogP contribution in [0.2, 0.25) is 0 Å². The highest BCUT2D eigenvalue weighted by atomic mass is 16.6. The molecule has 27 heavy (non-hydrogen) atoms. The molecule has 2 aromatic rings. The number of methoxy groups -OCH3 is 1. The van der Waals surface area contributed by atoms with Crippen molar-refractivity contribution in [1.82, 2.24) is 0 Å². The zero-order valence-corrected chi connectivity index (χ0v) is 15.9. The number of non-ortho nitro benzene ring substituents is 1. The molecule has 0 saturated heterocycles. The molecule has 0 atom stereocenters. The minimum absolute atomic E-state index is 0.0269. The van der Waals surface area contributed by atoms with Crippen LogP contribution >= 0.6 is 0 Å². The summed E-state index contributed by atoms with van der Waals surface area (Å²) < 4.78 is 10.5. The predicted octanol–water partition coefficient (Wildman–Crippen LogP) is 4.09. The second-order valence-electron chi connectivity index (χ2n) is 6.26. The lowest BCUT2D eigenvalue weighted by Crippen LogP contribution is -2.11. The van der Waals surface area contributed by atoms with Crippen molar-refractivity contribution >= 4 is 17.4 Å². The Hall–Kier alpha value is -3.22. The number of hydrogen-bond acceptors (Lipinski definition) is 6. The minimum Gasteiger partial charge on any atom is -0.496 e. The van der Waals surface area contributed by atoms with E-state index in [4.69, 9.17) is 9.47 Å². The Labute approximate surface area is 157 Å². The quantitative estimate of drug-likeness (QED) is 0.328. The van der Waals surface area contributed by atoms with Crippen molar-refractivity contribution in [1.29, 1.82) is 0 Å². The molecule has 0 aliphatic carbocycles. The average Bonchev–Trinajstić information content (AvgIpc) is 2.59. The van der Waals surface area contributed by atoms with Crippen LogP contribution in [0.25, 0.3) is 0 Å². The molecule has 0 heterocycles. The van der Waals surface area contributed by atoms with Crippen LogP contribution in [-0.2, 0) is 11.3 Å². The van der Waals surface area contributed by atoms with Gasteiger partial charge in [-0.3, -0.25) is 14.9 Å². The maximum Gasteiger partial charge on any atom is 0.342 e. The Morgan fingerprint density at radius 1 is 1.11 bits per heavy atom. The van der Waals surface area contributed by atoms with E-state index in [0.29, 0.717) is 5.56 Å². The number of Topliss-reactive ketones (excluding diaryl/α,β-unsaturated/α-hetero) is 1. The topological polar surface area (TPSA) is 95.7 Å². The number of carbonyl (C=O) groups excluding carboxylic acids is 2. The predicted molar refractivity (Wildman–Crippen MR) is 99.4 cm³/mol. The number of nitro groups is 1. The molecule has 2 aromatic carbocycles. The van der Waals surface area contributed by atoms with Crippen LogP contribution in [-0.4, -0.2) is 23.8 Å². The fraction of sp³-hybridized carbons (Fsp3) is 0.300. The van der Waals surface area contributed by atoms with Crippen molar-refractivity contribution < 1.29 is 24.0 Å². The standard InChI is InChI=1S/C20H21NO6/c1-11-8-12(2)19(14(4)22)13(3)17(11)10-27-20(23)16-9-15(21(24)25)6-7-18(16)26-5/h6-9H,10H2,1-5H3. The van der Waals surface area contributed by atoms with Gasteiger partial charge in [0.05, 0.1) is 12.0 Å². The van der Waals surface area contributed by atoms with E-state index < -0.39 is 10.9 Å². The van der Waals surface area contributed by atoms with Crippen molar-refractivity contribution in [2.45, 2.75) is 34.3 Å². The number of esters is 1. The van der Waals surface area contributed by atoms with Crippen LogP contribution in [0, 0.1) is 30.9 Å². The highest BCUT2D eigenvalue weighted by Crippen LogP contribution is 2.27. The second kappa shape index (κ2) is 7.99. The van der Waals surface area contributed by atoms with Crippen LogP contribution in [0.1, 0.15) is 49.9 Å². The summed E-state index contributed by atoms with van der Waals surface area (Å²) in [6.45, 7) is 6.99. The van der Waals surface area contributed by atoms with Crippen LogP contribution in [0.15, 0.2) is 24.3 Å². The van der Waals surface area contributed by atoms with Gasteiger partial charge in [0.1, 0.15) is 17.9 Å². The van der Waals surface area contributed by atoms with Gasteiger partial charge in [-0.2, -0.15) is 0 Å². The van der Waals surface area contributed by atoms with Gasteiger partial charge in [0.25, 0.3) is 5.69 Å². The first-order valence-electron chi connectivity index (χ1n) is 8.27. The lowest BCUT2D eigenvalue weighted by Gasteiger charge is -2.16. The molecule has 0 unspecified atom stereocenters. The summed E-state index contributed by atoms with van der Waals surface area (Å²) in [5.74, 6) is -0.607. The molecule has 2 rings (SSSR count). The van der Waals surface area contributed by atoms with E-state index in [1.807, 2.05) is 26.8 Å². The molecule has 7 nitrogen and oxygen atoms in total. The number of ether oxygens (including phenoxy) is 2. The molecule has 0 radical (unpaired) electrons. The molecular weight excluding hydrogens is 350 g/mol. The van der Waals surface area contributed by atoms with Crippen molar-refractivity contribution in [2.75, 3.05) is 7.11 Å². The third-order valence-electron chi connectivity index (χ3n) is 4.44. The van der Waals surface area contributed by atoms with Crippen molar-refractivity contribution in [3.63, 3.8) is 0 Å². The number of carbonyl (C=O) groups is 2. The van der Waals surface area contributed by atoms with Crippen molar-refractivity contribution in [3.8, 4) is 5.75 Å². The Kier molecular flexibility index (Phi) is 5.95. The summed E-state index contributed by atoms with van der Waals surface area (Å²) in [6, 6.07) is 5.60. The number of ketones is 1. The summed E-state index contributed by atoms with van der Waals surface area (Å²) in [4.78, 5) is 34.8. The van der Waals surface area contributed by atoms with Gasteiger partial charge in [-0.15, -0.1) is 0 Å². The largest absolute Gasteiger partial charge is 0.496 e. The first-order chi connectivity index (χ1) is 12.7. The normalized spacial score (nSPS) is 10.4. The first kappa shape index (κ1) is 20.1. The average molecular weight is 371 g/mol. The van der Waals surface area contributed by atoms with Gasteiger partial charge in [-0.25, -0.2) is 4.79 Å². The van der Waals surface area contributed by atoms with Crippen LogP contribution in [0.5, 0.6) is 5.75 Å². The van der Waals surface area contributed by atoms with Crippen LogP contribution in [0.3, 0.4) is 0 Å². The second-order valence-corrected chi connectivity index (χ2v) is 6.26. The van der Waals surface area contributed by atoms with Gasteiger partial charge < -0.3 is 9.47 Å². The van der Waals surface area contributed by atoms with E-state index in [1.165, 1.54) is 26.2 Å². The molecule has 0 aromatic heterocycles. The maximum atomic E-state index is 12.5. The number of benzene rings is 2. The van der Waals surface area contributed by atoms with Crippen molar-refractivity contribution in [3.05, 3.63) is 67.8 Å². The Bertz CT molecular complexity index is 933. The van der Waals surface area contributed by atoms with Gasteiger partial charge in [0.2, 0.25) is 0 Å². The maximum absolute atomic E-state index is 12.5. The fourth-order valence-electron chi connectivity index (χ4n) is 3.17. The highest BCUT2D eigenvalue weighted by Gasteiger charge is 2.20. The van der Waals surface area contributed by atoms with Crippen LogP contribution < -0.4 is 4.74 Å². The Morgan fingerprint density at radius 2 is 1.78 bits per heavy atom. The van der Waals surface area contributed by atoms with Gasteiger partial charge >= 0.3 is 5.97 Å². The van der Waals surface area contributed by atoms with Crippen LogP contribution in [0.4, 0.5) is 5.69 Å². The smallest absolute Gasteiger partial charge is 0.342 e. The summed E-state index contributed by atoms with van der Waals surface area (Å²) in [5, 5.41) is 11.0. The SMILES string of the molecule is COc1ccc([N+](=O)[O-])cc1C(=O)OCc1c(C)cc(C)c(C(C)=O)c1C.